The zero-order valence-corrected chi connectivity index (χ0v) is 11.8. The second-order valence-electron chi connectivity index (χ2n) is 4.03. The van der Waals surface area contributed by atoms with Crippen molar-refractivity contribution < 1.29 is 9.47 Å². The Kier molecular flexibility index (Phi) is 3.10. The lowest BCUT2D eigenvalue weighted by Gasteiger charge is -2.13. The van der Waals surface area contributed by atoms with Gasteiger partial charge < -0.3 is 9.47 Å². The maximum absolute atomic E-state index is 5.77. The number of epoxide rings is 1. The Morgan fingerprint density at radius 1 is 1.47 bits per heavy atom. The first-order valence-electron chi connectivity index (χ1n) is 4.73. The summed E-state index contributed by atoms with van der Waals surface area (Å²) in [6.07, 6.45) is 0. The molecule has 0 spiro atoms. The lowest BCUT2D eigenvalue weighted by molar-refractivity contribution is 0.201. The molecule has 82 valence electrons. The lowest BCUT2D eigenvalue weighted by Crippen LogP contribution is -2.17. The van der Waals surface area contributed by atoms with Crippen LogP contribution in [0, 0.1) is 6.92 Å². The molecule has 15 heavy (non-hydrogen) atoms. The van der Waals surface area contributed by atoms with Crippen molar-refractivity contribution in [3.8, 4) is 5.75 Å². The predicted octanol–water partition coefficient (Wildman–Crippen LogP) is 3.69. The van der Waals surface area contributed by atoms with Crippen LogP contribution in [0.3, 0.4) is 0 Å². The Balaban J connectivity index is 2.16. The second kappa shape index (κ2) is 4.07. The Labute approximate surface area is 106 Å². The molecule has 1 aliphatic heterocycles. The fraction of sp³-hybridized carbons (Fsp3) is 0.455. The highest BCUT2D eigenvalue weighted by Crippen LogP contribution is 2.37. The molecule has 4 heteroatoms. The minimum Gasteiger partial charge on any atom is -0.489 e. The first kappa shape index (κ1) is 11.4. The first-order chi connectivity index (χ1) is 7.02. The van der Waals surface area contributed by atoms with E-state index in [0.29, 0.717) is 6.61 Å². The molecule has 0 N–H and O–H groups in total. The molecule has 1 aromatic carbocycles. The molecular weight excluding hydrogens is 324 g/mol. The second-order valence-corrected chi connectivity index (χ2v) is 5.68. The molecule has 0 saturated carbocycles. The highest BCUT2D eigenvalue weighted by atomic mass is 79.9. The van der Waals surface area contributed by atoms with Crippen LogP contribution in [0.1, 0.15) is 12.5 Å². The number of rotatable bonds is 3. The Bertz CT molecular complexity index is 386. The molecule has 1 aromatic rings. The highest BCUT2D eigenvalue weighted by molar-refractivity contribution is 9.13. The van der Waals surface area contributed by atoms with Crippen molar-refractivity contribution in [3.05, 3.63) is 26.6 Å². The molecule has 0 radical (unpaired) electrons. The predicted molar refractivity (Wildman–Crippen MR) is 66.4 cm³/mol. The van der Waals surface area contributed by atoms with Crippen LogP contribution in [0.25, 0.3) is 0 Å². The average Bonchev–Trinajstić information content (AvgIpc) is 2.91. The van der Waals surface area contributed by atoms with E-state index >= 15 is 0 Å². The molecule has 1 saturated heterocycles. The van der Waals surface area contributed by atoms with E-state index in [1.807, 2.05) is 26.0 Å². The standard InChI is InChI=1S/C11H12Br2O2/c1-7-3-4-8(12)9(13)10(7)14-5-11(2)6-15-11/h3-4H,5-6H2,1-2H3. The molecule has 1 fully saturated rings. The smallest absolute Gasteiger partial charge is 0.137 e. The normalized spacial score (nSPS) is 24.0. The van der Waals surface area contributed by atoms with Gasteiger partial charge in [0.15, 0.2) is 0 Å². The summed E-state index contributed by atoms with van der Waals surface area (Å²) in [4.78, 5) is 0. The van der Waals surface area contributed by atoms with Gasteiger partial charge in [-0.2, -0.15) is 0 Å². The molecule has 1 atom stereocenters. The number of ether oxygens (including phenoxy) is 2. The summed E-state index contributed by atoms with van der Waals surface area (Å²) >= 11 is 6.96. The van der Waals surface area contributed by atoms with Crippen LogP contribution < -0.4 is 4.74 Å². The Morgan fingerprint density at radius 2 is 2.13 bits per heavy atom. The SMILES string of the molecule is Cc1ccc(Br)c(Br)c1OCC1(C)CO1. The molecule has 1 heterocycles. The van der Waals surface area contributed by atoms with Gasteiger partial charge in [0.25, 0.3) is 0 Å². The van der Waals surface area contributed by atoms with Crippen LogP contribution in [0.2, 0.25) is 0 Å². The number of aryl methyl sites for hydroxylation is 1. The van der Waals surface area contributed by atoms with E-state index in [1.165, 1.54) is 0 Å². The van der Waals surface area contributed by atoms with Gasteiger partial charge >= 0.3 is 0 Å². The Hall–Kier alpha value is -0.0600. The molecule has 2 rings (SSSR count). The third-order valence-electron chi connectivity index (χ3n) is 2.41. The fourth-order valence-electron chi connectivity index (χ4n) is 1.24. The van der Waals surface area contributed by atoms with Crippen LogP contribution in [-0.2, 0) is 4.74 Å². The summed E-state index contributed by atoms with van der Waals surface area (Å²) in [6.45, 7) is 5.47. The third kappa shape index (κ3) is 2.55. The van der Waals surface area contributed by atoms with Crippen molar-refractivity contribution in [1.29, 1.82) is 0 Å². The fourth-order valence-corrected chi connectivity index (χ4v) is 2.11. The van der Waals surface area contributed by atoms with Gasteiger partial charge in [-0.05, 0) is 57.3 Å². The summed E-state index contributed by atoms with van der Waals surface area (Å²) in [5.41, 5.74) is 1.04. The van der Waals surface area contributed by atoms with Gasteiger partial charge in [-0.3, -0.25) is 0 Å². The van der Waals surface area contributed by atoms with E-state index in [2.05, 4.69) is 31.9 Å². The van der Waals surface area contributed by atoms with Gasteiger partial charge in [0, 0.05) is 4.47 Å². The number of benzene rings is 1. The number of halogens is 2. The molecule has 0 aliphatic carbocycles. The van der Waals surface area contributed by atoms with E-state index in [0.717, 1.165) is 26.9 Å². The van der Waals surface area contributed by atoms with Crippen LogP contribution in [0.5, 0.6) is 5.75 Å². The number of hydrogen-bond acceptors (Lipinski definition) is 2. The van der Waals surface area contributed by atoms with Crippen molar-refractivity contribution in [2.45, 2.75) is 19.4 Å². The van der Waals surface area contributed by atoms with Gasteiger partial charge in [0.2, 0.25) is 0 Å². The molecule has 1 unspecified atom stereocenters. The zero-order valence-electron chi connectivity index (χ0n) is 8.64. The van der Waals surface area contributed by atoms with Crippen molar-refractivity contribution in [1.82, 2.24) is 0 Å². The molecule has 0 bridgehead atoms. The van der Waals surface area contributed by atoms with Gasteiger partial charge in [-0.25, -0.2) is 0 Å². The van der Waals surface area contributed by atoms with Crippen LogP contribution >= 0.6 is 31.9 Å². The van der Waals surface area contributed by atoms with E-state index in [1.54, 1.807) is 0 Å². The van der Waals surface area contributed by atoms with Gasteiger partial charge in [0.1, 0.15) is 18.0 Å². The average molecular weight is 336 g/mol. The van der Waals surface area contributed by atoms with Crippen molar-refractivity contribution in [2.75, 3.05) is 13.2 Å². The molecule has 0 aromatic heterocycles. The lowest BCUT2D eigenvalue weighted by atomic mass is 10.2. The van der Waals surface area contributed by atoms with E-state index < -0.39 is 0 Å². The van der Waals surface area contributed by atoms with Gasteiger partial charge in [-0.15, -0.1) is 0 Å². The minimum atomic E-state index is -0.0752. The minimum absolute atomic E-state index is 0.0752. The topological polar surface area (TPSA) is 21.8 Å². The summed E-state index contributed by atoms with van der Waals surface area (Å²) in [7, 11) is 0. The molecule has 1 aliphatic rings. The van der Waals surface area contributed by atoms with Gasteiger partial charge in [-0.1, -0.05) is 6.07 Å². The Morgan fingerprint density at radius 3 is 2.73 bits per heavy atom. The summed E-state index contributed by atoms with van der Waals surface area (Å²) in [5, 5.41) is 0. The number of hydrogen-bond donors (Lipinski definition) is 0. The summed E-state index contributed by atoms with van der Waals surface area (Å²) in [6, 6.07) is 4.03. The van der Waals surface area contributed by atoms with E-state index in [4.69, 9.17) is 9.47 Å². The van der Waals surface area contributed by atoms with Crippen molar-refractivity contribution >= 4 is 31.9 Å². The quantitative estimate of drug-likeness (QED) is 0.786. The van der Waals surface area contributed by atoms with Crippen LogP contribution in [0.4, 0.5) is 0 Å². The maximum atomic E-state index is 5.77. The van der Waals surface area contributed by atoms with Gasteiger partial charge in [0.05, 0.1) is 11.1 Å². The maximum Gasteiger partial charge on any atom is 0.137 e. The summed E-state index contributed by atoms with van der Waals surface area (Å²) < 4.78 is 13.0. The zero-order chi connectivity index (χ0) is 11.1. The van der Waals surface area contributed by atoms with Crippen molar-refractivity contribution in [3.63, 3.8) is 0 Å². The monoisotopic (exact) mass is 334 g/mol. The van der Waals surface area contributed by atoms with E-state index in [9.17, 15) is 0 Å². The molecule has 0 amide bonds. The molecular formula is C11H12Br2O2. The third-order valence-corrected chi connectivity index (χ3v) is 4.39. The van der Waals surface area contributed by atoms with Crippen LogP contribution in [-0.4, -0.2) is 18.8 Å². The molecule has 2 nitrogen and oxygen atoms in total. The first-order valence-corrected chi connectivity index (χ1v) is 6.32. The van der Waals surface area contributed by atoms with Crippen LogP contribution in [0.15, 0.2) is 21.1 Å². The highest BCUT2D eigenvalue weighted by Gasteiger charge is 2.40. The summed E-state index contributed by atoms with van der Waals surface area (Å²) in [5.74, 6) is 0.890. The van der Waals surface area contributed by atoms with E-state index in [-0.39, 0.29) is 5.60 Å². The largest absolute Gasteiger partial charge is 0.489 e. The van der Waals surface area contributed by atoms with Crippen molar-refractivity contribution in [2.24, 2.45) is 0 Å².